The highest BCUT2D eigenvalue weighted by Gasteiger charge is 2.23. The summed E-state index contributed by atoms with van der Waals surface area (Å²) in [6.07, 6.45) is 3.85. The largest absolute Gasteiger partial charge is 0.481 e. The van der Waals surface area contributed by atoms with E-state index in [1.54, 1.807) is 0 Å². The Morgan fingerprint density at radius 1 is 1.25 bits per heavy atom. The molecule has 7 heteroatoms. The number of carboxylic acid groups (broad SMARTS) is 1. The summed E-state index contributed by atoms with van der Waals surface area (Å²) in [7, 11) is 0. The van der Waals surface area contributed by atoms with Crippen LogP contribution >= 0.6 is 24.0 Å². The van der Waals surface area contributed by atoms with Gasteiger partial charge in [0.1, 0.15) is 10.1 Å². The molecular weight excluding hydrogens is 394 g/mol. The molecule has 1 aromatic rings. The summed E-state index contributed by atoms with van der Waals surface area (Å²) >= 11 is 6.30. The number of aliphatic carboxylic acids is 1. The van der Waals surface area contributed by atoms with Crippen LogP contribution in [0.15, 0.2) is 28.7 Å². The van der Waals surface area contributed by atoms with Crippen molar-refractivity contribution in [3.8, 4) is 5.75 Å². The predicted molar refractivity (Wildman–Crippen MR) is 118 cm³/mol. The molecular formula is C21H25NO4S2. The van der Waals surface area contributed by atoms with Gasteiger partial charge < -0.3 is 15.2 Å². The lowest BCUT2D eigenvalue weighted by Crippen LogP contribution is -2.18. The molecule has 1 aliphatic heterocycles. The summed E-state index contributed by atoms with van der Waals surface area (Å²) < 4.78 is 6.11. The fourth-order valence-electron chi connectivity index (χ4n) is 2.82. The van der Waals surface area contributed by atoms with Crippen molar-refractivity contribution >= 4 is 46.3 Å². The molecule has 0 aromatic heterocycles. The van der Waals surface area contributed by atoms with Crippen LogP contribution in [0.2, 0.25) is 0 Å². The number of ether oxygens (including phenoxy) is 1. The Morgan fingerprint density at radius 3 is 2.25 bits per heavy atom. The second-order valence-electron chi connectivity index (χ2n) is 7.21. The number of thiocarbonyl (C=S) groups is 1. The van der Waals surface area contributed by atoms with Crippen molar-refractivity contribution in [1.82, 2.24) is 5.32 Å². The molecule has 1 aromatic carbocycles. The van der Waals surface area contributed by atoms with Crippen LogP contribution in [0.3, 0.4) is 0 Å². The SMILES string of the molecule is CC(/C=C/c1cc(C(C)C)c(OCC(=O)O)c(C(C)C)c1)=C1\SC(=S)NC1=O. The van der Waals surface area contributed by atoms with Crippen LogP contribution in [0.4, 0.5) is 0 Å². The summed E-state index contributed by atoms with van der Waals surface area (Å²) in [6.45, 7) is 9.71. The Hall–Kier alpha value is -2.12. The summed E-state index contributed by atoms with van der Waals surface area (Å²) in [4.78, 5) is 23.5. The minimum absolute atomic E-state index is 0.166. The van der Waals surface area contributed by atoms with E-state index in [9.17, 15) is 9.59 Å². The molecule has 0 bridgehead atoms. The molecule has 1 aliphatic rings. The summed E-state index contributed by atoms with van der Waals surface area (Å²) in [5.74, 6) is -0.179. The maximum absolute atomic E-state index is 11.9. The fraction of sp³-hybridized carbons (Fsp3) is 0.381. The van der Waals surface area contributed by atoms with E-state index < -0.39 is 5.97 Å². The molecule has 1 saturated heterocycles. The summed E-state index contributed by atoms with van der Waals surface area (Å²) in [6, 6.07) is 4.02. The molecule has 1 fully saturated rings. The Bertz CT molecular complexity index is 840. The van der Waals surface area contributed by atoms with E-state index in [2.05, 4.69) is 5.32 Å². The monoisotopic (exact) mass is 419 g/mol. The number of amides is 1. The third-order valence-corrected chi connectivity index (χ3v) is 5.60. The van der Waals surface area contributed by atoms with Gasteiger partial charge in [-0.25, -0.2) is 4.79 Å². The Kier molecular flexibility index (Phi) is 7.43. The van der Waals surface area contributed by atoms with E-state index in [0.29, 0.717) is 15.0 Å². The van der Waals surface area contributed by atoms with Gasteiger partial charge in [0.25, 0.3) is 5.91 Å². The molecule has 1 heterocycles. The zero-order chi connectivity index (χ0) is 21.0. The van der Waals surface area contributed by atoms with Crippen LogP contribution in [0.1, 0.15) is 63.1 Å². The van der Waals surface area contributed by atoms with Gasteiger partial charge in [-0.2, -0.15) is 0 Å². The first kappa shape index (κ1) is 22.2. The second kappa shape index (κ2) is 9.39. The van der Waals surface area contributed by atoms with Gasteiger partial charge in [0.2, 0.25) is 0 Å². The van der Waals surface area contributed by atoms with Gasteiger partial charge in [-0.3, -0.25) is 4.79 Å². The highest BCUT2D eigenvalue weighted by atomic mass is 32.2. The van der Waals surface area contributed by atoms with Gasteiger partial charge in [-0.15, -0.1) is 0 Å². The molecule has 1 amide bonds. The van der Waals surface area contributed by atoms with Crippen LogP contribution in [-0.4, -0.2) is 27.9 Å². The van der Waals surface area contributed by atoms with Crippen LogP contribution in [-0.2, 0) is 9.59 Å². The molecule has 0 unspecified atom stereocenters. The van der Waals surface area contributed by atoms with Gasteiger partial charge in [0, 0.05) is 0 Å². The van der Waals surface area contributed by atoms with E-state index in [1.165, 1.54) is 11.8 Å². The first-order valence-electron chi connectivity index (χ1n) is 9.04. The first-order chi connectivity index (χ1) is 13.1. The zero-order valence-electron chi connectivity index (χ0n) is 16.7. The van der Waals surface area contributed by atoms with Crippen LogP contribution in [0.25, 0.3) is 6.08 Å². The average Bonchev–Trinajstić information content (AvgIpc) is 2.95. The number of carboxylic acids is 1. The Labute approximate surface area is 175 Å². The van der Waals surface area contributed by atoms with Crippen molar-refractivity contribution in [2.24, 2.45) is 0 Å². The van der Waals surface area contributed by atoms with Crippen molar-refractivity contribution in [1.29, 1.82) is 0 Å². The minimum atomic E-state index is -0.999. The van der Waals surface area contributed by atoms with Crippen LogP contribution in [0.5, 0.6) is 5.75 Å². The van der Waals surface area contributed by atoms with Gasteiger partial charge in [-0.05, 0) is 53.2 Å². The quantitative estimate of drug-likeness (QED) is 0.487. The number of rotatable bonds is 7. The number of thioether (sulfide) groups is 1. The molecule has 2 N–H and O–H groups in total. The first-order valence-corrected chi connectivity index (χ1v) is 10.3. The number of benzene rings is 1. The molecule has 5 nitrogen and oxygen atoms in total. The predicted octanol–water partition coefficient (Wildman–Crippen LogP) is 4.83. The standard InChI is InChI=1S/C21H25NO4S2/c1-11(2)15-8-14(7-6-13(5)19-20(25)22-21(27)28-19)9-16(12(3)4)18(15)26-10-17(23)24/h6-9,11-12H,10H2,1-5H3,(H,23,24)(H,22,25,27)/b7-6+,19-13+. The molecule has 0 aliphatic carbocycles. The van der Waals surface area contributed by atoms with Crippen molar-refractivity contribution in [3.63, 3.8) is 0 Å². The number of nitrogens with one attached hydrogen (secondary N) is 1. The van der Waals surface area contributed by atoms with Crippen LogP contribution < -0.4 is 10.1 Å². The lowest BCUT2D eigenvalue weighted by Gasteiger charge is -2.20. The van der Waals surface area contributed by atoms with Crippen molar-refractivity contribution in [2.45, 2.75) is 46.5 Å². The highest BCUT2D eigenvalue weighted by Crippen LogP contribution is 2.36. The average molecular weight is 420 g/mol. The van der Waals surface area contributed by atoms with Crippen molar-refractivity contribution in [3.05, 3.63) is 45.4 Å². The summed E-state index contributed by atoms with van der Waals surface area (Å²) in [5.41, 5.74) is 3.74. The highest BCUT2D eigenvalue weighted by molar-refractivity contribution is 8.26. The van der Waals surface area contributed by atoms with Gasteiger partial charge in [0.05, 0.1) is 4.91 Å². The molecule has 150 valence electrons. The van der Waals surface area contributed by atoms with E-state index in [-0.39, 0.29) is 24.3 Å². The maximum atomic E-state index is 11.9. The molecule has 0 radical (unpaired) electrons. The number of carbonyl (C=O) groups excluding carboxylic acids is 1. The van der Waals surface area contributed by atoms with E-state index in [0.717, 1.165) is 22.3 Å². The number of hydrogen-bond acceptors (Lipinski definition) is 5. The Morgan fingerprint density at radius 2 is 1.82 bits per heavy atom. The molecule has 0 atom stereocenters. The fourth-order valence-corrected chi connectivity index (χ4v) is 3.87. The van der Waals surface area contributed by atoms with E-state index in [4.69, 9.17) is 22.1 Å². The maximum Gasteiger partial charge on any atom is 0.341 e. The van der Waals surface area contributed by atoms with Gasteiger partial charge >= 0.3 is 5.97 Å². The smallest absolute Gasteiger partial charge is 0.341 e. The van der Waals surface area contributed by atoms with E-state index >= 15 is 0 Å². The number of allylic oxidation sites excluding steroid dienone is 2. The molecule has 2 rings (SSSR count). The molecule has 0 saturated carbocycles. The number of hydrogen-bond donors (Lipinski definition) is 2. The van der Waals surface area contributed by atoms with Crippen molar-refractivity contribution < 1.29 is 19.4 Å². The second-order valence-corrected chi connectivity index (χ2v) is 8.90. The molecule has 0 spiro atoms. The van der Waals surface area contributed by atoms with Gasteiger partial charge in [0.15, 0.2) is 6.61 Å². The Balaban J connectivity index is 2.45. The lowest BCUT2D eigenvalue weighted by atomic mass is 9.91. The third kappa shape index (κ3) is 5.45. The normalized spacial score (nSPS) is 16.2. The topological polar surface area (TPSA) is 75.6 Å². The number of carbonyl (C=O) groups is 2. The lowest BCUT2D eigenvalue weighted by molar-refractivity contribution is -0.139. The third-order valence-electron chi connectivity index (χ3n) is 4.25. The van der Waals surface area contributed by atoms with E-state index in [1.807, 2.05) is 58.9 Å². The zero-order valence-corrected chi connectivity index (χ0v) is 18.3. The molecule has 28 heavy (non-hydrogen) atoms. The minimum Gasteiger partial charge on any atom is -0.481 e. The summed E-state index contributed by atoms with van der Waals surface area (Å²) in [5, 5.41) is 11.6. The van der Waals surface area contributed by atoms with Crippen molar-refractivity contribution in [2.75, 3.05) is 6.61 Å². The van der Waals surface area contributed by atoms with Crippen LogP contribution in [0, 0.1) is 0 Å². The van der Waals surface area contributed by atoms with Gasteiger partial charge in [-0.1, -0.05) is 63.8 Å².